The van der Waals surface area contributed by atoms with Gasteiger partial charge < -0.3 is 10.1 Å². The highest BCUT2D eigenvalue weighted by Gasteiger charge is 2.38. The molecule has 1 aromatic carbocycles. The van der Waals surface area contributed by atoms with E-state index in [0.717, 1.165) is 25.3 Å². The summed E-state index contributed by atoms with van der Waals surface area (Å²) in [6.45, 7) is 1.46. The second kappa shape index (κ2) is 5.92. The van der Waals surface area contributed by atoms with Gasteiger partial charge >= 0.3 is 6.18 Å². The van der Waals surface area contributed by atoms with Crippen molar-refractivity contribution in [3.8, 4) is 0 Å². The van der Waals surface area contributed by atoms with Gasteiger partial charge in [-0.3, -0.25) is 0 Å². The molecule has 0 aliphatic heterocycles. The van der Waals surface area contributed by atoms with E-state index < -0.39 is 18.4 Å². The molecule has 2 nitrogen and oxygen atoms in total. The summed E-state index contributed by atoms with van der Waals surface area (Å²) in [5.41, 5.74) is 0.770. The average molecular weight is 273 g/mol. The standard InChI is InChI=1S/C14H18F3NO/c1-10(14(15,16)17)19-13(9-18-12-7-8-12)11-5-3-2-4-6-11/h2-6,10,12-13,18H,7-9H2,1H3. The summed E-state index contributed by atoms with van der Waals surface area (Å²) >= 11 is 0. The highest BCUT2D eigenvalue weighted by Crippen LogP contribution is 2.29. The number of alkyl halides is 3. The Morgan fingerprint density at radius 3 is 2.42 bits per heavy atom. The molecule has 1 aliphatic carbocycles. The summed E-state index contributed by atoms with van der Waals surface area (Å²) < 4.78 is 43.0. The molecule has 1 N–H and O–H groups in total. The Hall–Kier alpha value is -1.07. The Morgan fingerprint density at radius 2 is 1.89 bits per heavy atom. The van der Waals surface area contributed by atoms with Crippen molar-refractivity contribution in [3.05, 3.63) is 35.9 Å². The lowest BCUT2D eigenvalue weighted by atomic mass is 10.1. The monoisotopic (exact) mass is 273 g/mol. The van der Waals surface area contributed by atoms with Crippen LogP contribution >= 0.6 is 0 Å². The Morgan fingerprint density at radius 1 is 1.26 bits per heavy atom. The fourth-order valence-corrected chi connectivity index (χ4v) is 1.80. The van der Waals surface area contributed by atoms with Gasteiger partial charge in [-0.1, -0.05) is 30.3 Å². The fourth-order valence-electron chi connectivity index (χ4n) is 1.80. The molecular formula is C14H18F3NO. The van der Waals surface area contributed by atoms with Gasteiger partial charge in [0.15, 0.2) is 6.10 Å². The van der Waals surface area contributed by atoms with Crippen molar-refractivity contribution in [3.63, 3.8) is 0 Å². The molecule has 0 bridgehead atoms. The highest BCUT2D eigenvalue weighted by atomic mass is 19.4. The molecule has 1 aromatic rings. The van der Waals surface area contributed by atoms with Gasteiger partial charge in [-0.05, 0) is 25.3 Å². The predicted molar refractivity (Wildman–Crippen MR) is 66.8 cm³/mol. The van der Waals surface area contributed by atoms with E-state index in [-0.39, 0.29) is 0 Å². The van der Waals surface area contributed by atoms with Crippen LogP contribution in [0.25, 0.3) is 0 Å². The maximum absolute atomic E-state index is 12.6. The quantitative estimate of drug-likeness (QED) is 0.857. The predicted octanol–water partition coefficient (Wildman–Crippen LogP) is 3.45. The first-order valence-electron chi connectivity index (χ1n) is 6.47. The normalized spacial score (nSPS) is 19.2. The van der Waals surface area contributed by atoms with Gasteiger partial charge in [-0.15, -0.1) is 0 Å². The molecule has 0 amide bonds. The number of rotatable bonds is 6. The zero-order valence-corrected chi connectivity index (χ0v) is 10.8. The van der Waals surface area contributed by atoms with E-state index in [4.69, 9.17) is 4.74 Å². The van der Waals surface area contributed by atoms with Crippen LogP contribution in [0, 0.1) is 0 Å². The average Bonchev–Trinajstić information content (AvgIpc) is 3.18. The van der Waals surface area contributed by atoms with E-state index in [0.29, 0.717) is 12.6 Å². The van der Waals surface area contributed by atoms with Gasteiger partial charge in [0.1, 0.15) is 0 Å². The van der Waals surface area contributed by atoms with Gasteiger partial charge in [-0.2, -0.15) is 13.2 Å². The maximum Gasteiger partial charge on any atom is 0.414 e. The minimum atomic E-state index is -4.33. The molecule has 2 unspecified atom stereocenters. The van der Waals surface area contributed by atoms with Crippen LogP contribution in [-0.4, -0.2) is 24.9 Å². The molecule has 0 spiro atoms. The van der Waals surface area contributed by atoms with E-state index in [1.807, 2.05) is 6.07 Å². The number of hydrogen-bond donors (Lipinski definition) is 1. The van der Waals surface area contributed by atoms with Gasteiger partial charge in [0.2, 0.25) is 0 Å². The second-order valence-electron chi connectivity index (χ2n) is 4.90. The van der Waals surface area contributed by atoms with Gasteiger partial charge in [0, 0.05) is 12.6 Å². The van der Waals surface area contributed by atoms with Crippen molar-refractivity contribution in [1.82, 2.24) is 5.32 Å². The molecule has 0 saturated heterocycles. The second-order valence-corrected chi connectivity index (χ2v) is 4.90. The van der Waals surface area contributed by atoms with E-state index >= 15 is 0 Å². The molecule has 0 heterocycles. The van der Waals surface area contributed by atoms with Gasteiger partial charge in [0.05, 0.1) is 6.10 Å². The van der Waals surface area contributed by atoms with Crippen LogP contribution in [0.15, 0.2) is 30.3 Å². The zero-order valence-electron chi connectivity index (χ0n) is 10.8. The van der Waals surface area contributed by atoms with E-state index in [2.05, 4.69) is 5.32 Å². The zero-order chi connectivity index (χ0) is 13.9. The molecule has 1 fully saturated rings. The summed E-state index contributed by atoms with van der Waals surface area (Å²) in [5.74, 6) is 0. The van der Waals surface area contributed by atoms with Crippen molar-refractivity contribution in [2.45, 2.75) is 44.2 Å². The minimum Gasteiger partial charge on any atom is -0.360 e. The summed E-state index contributed by atoms with van der Waals surface area (Å²) in [6, 6.07) is 9.48. The summed E-state index contributed by atoms with van der Waals surface area (Å²) in [5, 5.41) is 3.22. The lowest BCUT2D eigenvalue weighted by molar-refractivity contribution is -0.227. The van der Waals surface area contributed by atoms with E-state index in [9.17, 15) is 13.2 Å². The molecule has 19 heavy (non-hydrogen) atoms. The lowest BCUT2D eigenvalue weighted by Crippen LogP contribution is -2.34. The molecule has 5 heteroatoms. The number of benzene rings is 1. The summed E-state index contributed by atoms with van der Waals surface area (Å²) in [7, 11) is 0. The number of hydrogen-bond acceptors (Lipinski definition) is 2. The highest BCUT2D eigenvalue weighted by molar-refractivity contribution is 5.18. The van der Waals surface area contributed by atoms with E-state index in [1.165, 1.54) is 0 Å². The molecular weight excluding hydrogens is 255 g/mol. The van der Waals surface area contributed by atoms with Crippen LogP contribution < -0.4 is 5.32 Å². The van der Waals surface area contributed by atoms with Crippen LogP contribution in [0.2, 0.25) is 0 Å². The van der Waals surface area contributed by atoms with Crippen LogP contribution in [0.3, 0.4) is 0 Å². The molecule has 0 aromatic heterocycles. The van der Waals surface area contributed by atoms with Crippen molar-refractivity contribution in [1.29, 1.82) is 0 Å². The Bertz CT molecular complexity index is 389. The van der Waals surface area contributed by atoms with Crippen molar-refractivity contribution in [2.24, 2.45) is 0 Å². The van der Waals surface area contributed by atoms with Crippen LogP contribution in [-0.2, 0) is 4.74 Å². The SMILES string of the molecule is CC(OC(CNC1CC1)c1ccccc1)C(F)(F)F. The molecule has 1 saturated carbocycles. The largest absolute Gasteiger partial charge is 0.414 e. The van der Waals surface area contributed by atoms with Crippen LogP contribution in [0.4, 0.5) is 13.2 Å². The van der Waals surface area contributed by atoms with Gasteiger partial charge in [0.25, 0.3) is 0 Å². The molecule has 106 valence electrons. The molecule has 1 aliphatic rings. The molecule has 0 radical (unpaired) electrons. The third-order valence-corrected chi connectivity index (χ3v) is 3.17. The van der Waals surface area contributed by atoms with Gasteiger partial charge in [-0.25, -0.2) is 0 Å². The number of ether oxygens (including phenoxy) is 1. The Balaban J connectivity index is 2.00. The lowest BCUT2D eigenvalue weighted by Gasteiger charge is -2.24. The van der Waals surface area contributed by atoms with Crippen molar-refractivity contribution >= 4 is 0 Å². The van der Waals surface area contributed by atoms with Crippen molar-refractivity contribution < 1.29 is 17.9 Å². The summed E-state index contributed by atoms with van der Waals surface area (Å²) in [4.78, 5) is 0. The summed E-state index contributed by atoms with van der Waals surface area (Å²) in [6.07, 6.45) is -4.48. The van der Waals surface area contributed by atoms with E-state index in [1.54, 1.807) is 24.3 Å². The van der Waals surface area contributed by atoms with Crippen molar-refractivity contribution in [2.75, 3.05) is 6.54 Å². The first-order valence-corrected chi connectivity index (χ1v) is 6.47. The Labute approximate surface area is 111 Å². The third-order valence-electron chi connectivity index (χ3n) is 3.17. The maximum atomic E-state index is 12.6. The first-order chi connectivity index (χ1) is 8.97. The number of halogens is 3. The third kappa shape index (κ3) is 4.51. The molecule has 2 atom stereocenters. The smallest absolute Gasteiger partial charge is 0.360 e. The molecule has 2 rings (SSSR count). The minimum absolute atomic E-state index is 0.412. The van der Waals surface area contributed by atoms with Crippen LogP contribution in [0.5, 0.6) is 0 Å². The number of nitrogens with one attached hydrogen (secondary N) is 1. The first kappa shape index (κ1) is 14.3. The Kier molecular flexibility index (Phi) is 4.47. The van der Waals surface area contributed by atoms with Crippen LogP contribution in [0.1, 0.15) is 31.4 Å². The topological polar surface area (TPSA) is 21.3 Å². The fraction of sp³-hybridized carbons (Fsp3) is 0.571.